The zero-order chi connectivity index (χ0) is 16.4. The van der Waals surface area contributed by atoms with Gasteiger partial charge in [-0.3, -0.25) is 9.09 Å². The molecule has 0 aliphatic heterocycles. The van der Waals surface area contributed by atoms with Gasteiger partial charge in [0.1, 0.15) is 25.9 Å². The minimum atomic E-state index is -3.34. The second-order valence-electron chi connectivity index (χ2n) is 5.46. The van der Waals surface area contributed by atoms with Crippen LogP contribution in [0.25, 0.3) is 0 Å². The van der Waals surface area contributed by atoms with Crippen LogP contribution in [0.4, 0.5) is 0 Å². The van der Waals surface area contributed by atoms with Gasteiger partial charge in [-0.2, -0.15) is 0 Å². The van der Waals surface area contributed by atoms with Crippen LogP contribution in [-0.2, 0) is 23.1 Å². The number of quaternary nitrogens is 1. The van der Waals surface area contributed by atoms with Crippen LogP contribution < -0.4 is 0 Å². The number of rotatable bonds is 12. The Morgan fingerprint density at radius 3 is 2.14 bits per heavy atom. The van der Waals surface area contributed by atoms with Gasteiger partial charge < -0.3 is 18.5 Å². The minimum Gasteiger partial charge on any atom is -0.352 e. The summed E-state index contributed by atoms with van der Waals surface area (Å²) >= 11 is 0. The van der Waals surface area contributed by atoms with E-state index in [4.69, 9.17) is 24.9 Å². The molecule has 0 radical (unpaired) electrons. The van der Waals surface area contributed by atoms with Crippen molar-refractivity contribution in [3.63, 3.8) is 0 Å². The Kier molecular flexibility index (Phi) is 10.1. The number of hydrogen-bond donors (Lipinski definition) is 0. The van der Waals surface area contributed by atoms with Gasteiger partial charge in [0.2, 0.25) is 0 Å². The van der Waals surface area contributed by atoms with E-state index in [0.29, 0.717) is 30.8 Å². The van der Waals surface area contributed by atoms with Gasteiger partial charge in [-0.1, -0.05) is 5.92 Å². The summed E-state index contributed by atoms with van der Waals surface area (Å²) in [5.74, 6) is 2.31. The molecule has 0 amide bonds. The van der Waals surface area contributed by atoms with E-state index < -0.39 is 13.9 Å². The third-order valence-electron chi connectivity index (χ3n) is 2.47. The monoisotopic (exact) mass is 322 g/mol. The molecule has 1 unspecified atom stereocenters. The maximum Gasteiger partial charge on any atom is 0.336 e. The standard InChI is InChI=1S/C14H29NO5P/c1-7-11-19-21(16,20-12-10-15(4,5)6)13-14(17-8-2)18-9-3/h1,14H,8-13H2,2-6H3/q+1. The maximum atomic E-state index is 12.7. The molecule has 6 nitrogen and oxygen atoms in total. The molecule has 0 heterocycles. The van der Waals surface area contributed by atoms with E-state index >= 15 is 0 Å². The highest BCUT2D eigenvalue weighted by atomic mass is 31.2. The zero-order valence-electron chi connectivity index (χ0n) is 13.8. The number of ether oxygens (including phenoxy) is 2. The van der Waals surface area contributed by atoms with Crippen molar-refractivity contribution in [2.24, 2.45) is 0 Å². The van der Waals surface area contributed by atoms with E-state index in [1.165, 1.54) is 0 Å². The quantitative estimate of drug-likeness (QED) is 0.238. The van der Waals surface area contributed by atoms with Crippen LogP contribution in [0, 0.1) is 12.3 Å². The molecular weight excluding hydrogens is 293 g/mol. The first-order valence-corrected chi connectivity index (χ1v) is 8.84. The SMILES string of the molecule is C#CCOP(=O)(CC(OCC)OCC)OCC[N+](C)(C)C. The van der Waals surface area contributed by atoms with Crippen molar-refractivity contribution in [3.8, 4) is 12.3 Å². The molecule has 7 heteroatoms. The van der Waals surface area contributed by atoms with Gasteiger partial charge in [-0.25, -0.2) is 0 Å². The number of likely N-dealkylation sites (N-methyl/N-ethyl adjacent to an activating group) is 1. The van der Waals surface area contributed by atoms with Crippen LogP contribution in [0.1, 0.15) is 13.8 Å². The summed E-state index contributed by atoms with van der Waals surface area (Å²) in [6.07, 6.45) is 4.58. The largest absolute Gasteiger partial charge is 0.352 e. The van der Waals surface area contributed by atoms with E-state index in [2.05, 4.69) is 5.92 Å². The lowest BCUT2D eigenvalue weighted by molar-refractivity contribution is -0.870. The van der Waals surface area contributed by atoms with Crippen molar-refractivity contribution in [1.29, 1.82) is 0 Å². The van der Waals surface area contributed by atoms with Crippen LogP contribution in [0.2, 0.25) is 0 Å². The summed E-state index contributed by atoms with van der Waals surface area (Å²) in [4.78, 5) is 0. The Hall–Kier alpha value is -0.410. The molecule has 0 saturated carbocycles. The van der Waals surface area contributed by atoms with Gasteiger partial charge in [-0.05, 0) is 13.8 Å². The second-order valence-corrected chi connectivity index (χ2v) is 7.56. The van der Waals surface area contributed by atoms with E-state index in [-0.39, 0.29) is 12.8 Å². The third-order valence-corrected chi connectivity index (χ3v) is 4.32. The van der Waals surface area contributed by atoms with Crippen molar-refractivity contribution in [3.05, 3.63) is 0 Å². The highest BCUT2D eigenvalue weighted by Crippen LogP contribution is 2.49. The van der Waals surface area contributed by atoms with Gasteiger partial charge in [0, 0.05) is 13.2 Å². The average Bonchev–Trinajstić information content (AvgIpc) is 2.35. The Balaban J connectivity index is 4.65. The van der Waals surface area contributed by atoms with Crippen molar-refractivity contribution >= 4 is 7.60 Å². The number of hydrogen-bond acceptors (Lipinski definition) is 5. The molecule has 0 saturated heterocycles. The van der Waals surface area contributed by atoms with Gasteiger partial charge >= 0.3 is 7.60 Å². The van der Waals surface area contributed by atoms with Crippen LogP contribution >= 0.6 is 7.60 Å². The molecule has 0 aliphatic carbocycles. The molecule has 0 aromatic carbocycles. The first-order chi connectivity index (χ1) is 9.76. The fourth-order valence-corrected chi connectivity index (χ4v) is 2.93. The normalized spacial score (nSPS) is 14.9. The van der Waals surface area contributed by atoms with Crippen molar-refractivity contribution in [2.45, 2.75) is 20.1 Å². The molecule has 124 valence electrons. The highest BCUT2D eigenvalue weighted by molar-refractivity contribution is 7.53. The second kappa shape index (κ2) is 10.3. The molecule has 0 spiro atoms. The average molecular weight is 322 g/mol. The van der Waals surface area contributed by atoms with E-state index in [0.717, 1.165) is 0 Å². The molecule has 1 atom stereocenters. The van der Waals surface area contributed by atoms with E-state index in [1.807, 2.05) is 35.0 Å². The van der Waals surface area contributed by atoms with Crippen molar-refractivity contribution in [1.82, 2.24) is 0 Å². The molecule has 0 rings (SSSR count). The predicted octanol–water partition coefficient (Wildman–Crippen LogP) is 1.95. The summed E-state index contributed by atoms with van der Waals surface area (Å²) in [5.41, 5.74) is 0. The lowest BCUT2D eigenvalue weighted by Gasteiger charge is -2.26. The summed E-state index contributed by atoms with van der Waals surface area (Å²) in [5, 5.41) is 0. The van der Waals surface area contributed by atoms with Gasteiger partial charge in [0.25, 0.3) is 0 Å². The topological polar surface area (TPSA) is 54.0 Å². The molecule has 0 aromatic rings. The lowest BCUT2D eigenvalue weighted by atomic mass is 10.5. The molecule has 0 aliphatic rings. The fourth-order valence-electron chi connectivity index (χ4n) is 1.44. The molecule has 21 heavy (non-hydrogen) atoms. The van der Waals surface area contributed by atoms with Crippen LogP contribution in [0.5, 0.6) is 0 Å². The van der Waals surface area contributed by atoms with Gasteiger partial charge in [-0.15, -0.1) is 6.42 Å². The Morgan fingerprint density at radius 1 is 1.14 bits per heavy atom. The Bertz CT molecular complexity index is 355. The van der Waals surface area contributed by atoms with Crippen molar-refractivity contribution < 1.29 is 27.6 Å². The first-order valence-electron chi connectivity index (χ1n) is 7.11. The summed E-state index contributed by atoms with van der Waals surface area (Å²) in [6.45, 7) is 5.56. The van der Waals surface area contributed by atoms with E-state index in [1.54, 1.807) is 0 Å². The highest BCUT2D eigenvalue weighted by Gasteiger charge is 2.30. The Morgan fingerprint density at radius 2 is 1.71 bits per heavy atom. The number of nitrogens with zero attached hydrogens (tertiary/aromatic N) is 1. The lowest BCUT2D eigenvalue weighted by Crippen LogP contribution is -2.37. The first kappa shape index (κ1) is 20.6. The summed E-state index contributed by atoms with van der Waals surface area (Å²) in [7, 11) is 2.74. The van der Waals surface area contributed by atoms with Gasteiger partial charge in [0.15, 0.2) is 6.29 Å². The molecular formula is C14H29NO5P+. The number of terminal acetylenes is 1. The molecule has 0 aromatic heterocycles. The Labute approximate surface area is 128 Å². The summed E-state index contributed by atoms with van der Waals surface area (Å²) in [6, 6.07) is 0. The zero-order valence-corrected chi connectivity index (χ0v) is 14.7. The van der Waals surface area contributed by atoms with E-state index in [9.17, 15) is 4.57 Å². The van der Waals surface area contributed by atoms with Crippen LogP contribution in [-0.4, -0.2) is 71.1 Å². The molecule has 0 N–H and O–H groups in total. The predicted molar refractivity (Wildman–Crippen MR) is 83.1 cm³/mol. The smallest absolute Gasteiger partial charge is 0.336 e. The van der Waals surface area contributed by atoms with Gasteiger partial charge in [0.05, 0.1) is 21.1 Å². The summed E-state index contributed by atoms with van der Waals surface area (Å²) < 4.78 is 34.9. The molecule has 0 bridgehead atoms. The minimum absolute atomic E-state index is 0.0352. The van der Waals surface area contributed by atoms with Crippen LogP contribution in [0.15, 0.2) is 0 Å². The maximum absolute atomic E-state index is 12.7. The third kappa shape index (κ3) is 10.9. The fraction of sp³-hybridized carbons (Fsp3) is 0.857. The molecule has 0 fully saturated rings. The van der Waals surface area contributed by atoms with Crippen LogP contribution in [0.3, 0.4) is 0 Å². The van der Waals surface area contributed by atoms with Crippen molar-refractivity contribution in [2.75, 3.05) is 60.3 Å².